The van der Waals surface area contributed by atoms with Crippen LogP contribution in [0.3, 0.4) is 0 Å². The van der Waals surface area contributed by atoms with Gasteiger partial charge in [0, 0.05) is 56.0 Å². The van der Waals surface area contributed by atoms with E-state index in [0.717, 1.165) is 112 Å². The number of primary amides is 3. The van der Waals surface area contributed by atoms with Crippen LogP contribution in [0, 0.1) is 39.9 Å². The molecule has 0 unspecified atom stereocenters. The first-order valence-electron chi connectivity index (χ1n) is 31.8. The topological polar surface area (TPSA) is 340 Å². The molecule has 6 amide bonds. The zero-order valence-electron chi connectivity index (χ0n) is 53.8. The number of rotatable bonds is 16. The monoisotopic (exact) mass is 1300 g/mol. The number of amides is 6. The van der Waals surface area contributed by atoms with Gasteiger partial charge in [0.1, 0.15) is 62.7 Å². The number of likely N-dealkylation sites (tertiary alicyclic amines) is 3. The molecule has 3 spiro atoms. The van der Waals surface area contributed by atoms with Gasteiger partial charge in [0.2, 0.25) is 5.91 Å². The molecular weight excluding hydrogens is 1220 g/mol. The van der Waals surface area contributed by atoms with Gasteiger partial charge in [-0.25, -0.2) is 14.0 Å². The van der Waals surface area contributed by atoms with E-state index in [1.807, 2.05) is 72.2 Å². The normalized spacial score (nSPS) is 22.1. The number of ether oxygens (including phenoxy) is 2. The Labute approximate surface area is 548 Å². The fraction of sp³-hybridized carbons (Fsp3) is 0.435. The Balaban J connectivity index is 0.000000155. The number of nitrogens with zero attached hydrogens (tertiary/aromatic N) is 9. The summed E-state index contributed by atoms with van der Waals surface area (Å²) < 4.78 is 54.9. The molecule has 0 bridgehead atoms. The molecule has 12 rings (SSSR count). The summed E-state index contributed by atoms with van der Waals surface area (Å²) in [6.07, 6.45) is 6.35. The third kappa shape index (κ3) is 13.9. The van der Waals surface area contributed by atoms with Crippen molar-refractivity contribution < 1.29 is 51.4 Å². The first kappa shape index (κ1) is 67.6. The Bertz CT molecular complexity index is 4060. The Morgan fingerprint density at radius 3 is 1.13 bits per heavy atom. The zero-order chi connectivity index (χ0) is 68.3. The van der Waals surface area contributed by atoms with Gasteiger partial charge < -0.3 is 58.6 Å². The van der Waals surface area contributed by atoms with Crippen molar-refractivity contribution in [2.24, 2.45) is 33.4 Å². The smallest absolute Gasteiger partial charge is 0.416 e. The van der Waals surface area contributed by atoms with E-state index in [1.165, 1.54) is 22.9 Å². The standard InChI is InChI=1S/C24H29N5O3.C23H29N5O3.C22H22F3N5O2/c1-3-5-19(30)28-11-10-24(15-28)13-17(14-24)29-22(25)20(23(26)31)21(27-29)16-6-8-18(9-7-16)32-12-4-2;1-3-11-31-17-7-5-15(6-8-17)20-19(22(25)30)21(24)28(26-20)16-12-23(13-16)9-10-27(14-23)18(29)4-2;1-2-3-16(31)29-9-8-21(12-29)10-15(11-21)30-19(26)17(20(27)32)18(28-30)13-4-6-14(7-5-13)22(23,24)25/h6-9,17H,4,10-15,25H2,1-2H3,(H2,26,31);4-8,16H,2-3,9-14,24H2,1H3,(H2,25,30);4-7,15H,8-12,26H2,1H3,(H2,27,32). The van der Waals surface area contributed by atoms with Crippen LogP contribution in [-0.2, 0) is 20.6 Å². The van der Waals surface area contributed by atoms with Crippen molar-refractivity contribution in [1.82, 2.24) is 44.0 Å². The quantitative estimate of drug-likeness (QED) is 0.0393. The van der Waals surface area contributed by atoms with Crippen LogP contribution in [0.4, 0.5) is 30.6 Å². The second-order valence-corrected chi connectivity index (χ2v) is 25.7. The van der Waals surface area contributed by atoms with E-state index in [0.29, 0.717) is 74.3 Å². The summed E-state index contributed by atoms with van der Waals surface area (Å²) in [6.45, 7) is 16.4. The van der Waals surface area contributed by atoms with E-state index in [2.05, 4.69) is 35.4 Å². The molecule has 3 aromatic carbocycles. The predicted molar refractivity (Wildman–Crippen MR) is 351 cm³/mol. The molecule has 3 saturated heterocycles. The molecular formula is C69H80F3N15O8. The first-order valence-corrected chi connectivity index (χ1v) is 31.8. The van der Waals surface area contributed by atoms with Crippen molar-refractivity contribution >= 4 is 52.9 Å². The lowest BCUT2D eigenvalue weighted by atomic mass is 9.65. The molecule has 6 fully saturated rings. The van der Waals surface area contributed by atoms with Crippen LogP contribution in [0.2, 0.25) is 0 Å². The van der Waals surface area contributed by atoms with Gasteiger partial charge in [0.25, 0.3) is 29.5 Å². The SMILES string of the molecule is C=CC(=O)N1CCC2(CC(n3nc(-c4ccc(OCCC)cc4)c(C(N)=O)c3N)C2)C1.CC#CC(=O)N1CCC2(CC(n3nc(-c4ccc(C(F)(F)F)cc4)c(C(N)=O)c3N)C2)C1.CC#CC(=O)N1CCC2(CC(n3nc(-c4ccc(OCCC)cc4)c(C(N)=O)c3N)C2)C1. The van der Waals surface area contributed by atoms with Gasteiger partial charge in [-0.3, -0.25) is 28.8 Å². The van der Waals surface area contributed by atoms with Crippen LogP contribution in [0.1, 0.15) is 153 Å². The van der Waals surface area contributed by atoms with Crippen molar-refractivity contribution in [3.63, 3.8) is 0 Å². The summed E-state index contributed by atoms with van der Waals surface area (Å²) in [5.74, 6) is 10.4. The molecule has 6 aliphatic rings. The highest BCUT2D eigenvalue weighted by atomic mass is 19.4. The number of benzene rings is 3. The maximum atomic E-state index is 12.9. The number of hydrogen-bond donors (Lipinski definition) is 6. The number of hydrogen-bond acceptors (Lipinski definition) is 14. The molecule has 95 heavy (non-hydrogen) atoms. The average molecular weight is 1300 g/mol. The summed E-state index contributed by atoms with van der Waals surface area (Å²) >= 11 is 0. The maximum Gasteiger partial charge on any atom is 0.416 e. The molecule has 3 aromatic heterocycles. The van der Waals surface area contributed by atoms with Crippen LogP contribution in [0.15, 0.2) is 85.5 Å². The van der Waals surface area contributed by atoms with E-state index >= 15 is 0 Å². The molecule has 6 aromatic rings. The fourth-order valence-corrected chi connectivity index (χ4v) is 14.4. The van der Waals surface area contributed by atoms with Gasteiger partial charge in [-0.15, -0.1) is 0 Å². The molecule has 500 valence electrons. The van der Waals surface area contributed by atoms with Crippen LogP contribution in [-0.4, -0.2) is 132 Å². The number of alkyl halides is 3. The summed E-state index contributed by atoms with van der Waals surface area (Å²) in [6, 6.07) is 19.3. The van der Waals surface area contributed by atoms with Crippen molar-refractivity contribution in [3.8, 4) is 69.0 Å². The average Bonchev–Trinajstić information content (AvgIpc) is 1.62. The Kier molecular flexibility index (Phi) is 19.5. The molecule has 26 heteroatoms. The Hall–Kier alpha value is -10.2. The number of halogens is 3. The van der Waals surface area contributed by atoms with Crippen molar-refractivity contribution in [1.29, 1.82) is 0 Å². The lowest BCUT2D eigenvalue weighted by Gasteiger charge is -2.45. The number of anilines is 3. The second-order valence-electron chi connectivity index (χ2n) is 25.7. The van der Waals surface area contributed by atoms with Gasteiger partial charge in [0.15, 0.2) is 0 Å². The summed E-state index contributed by atoms with van der Waals surface area (Å²) in [7, 11) is 0. The number of nitrogens with two attached hydrogens (primary N) is 6. The minimum Gasteiger partial charge on any atom is -0.494 e. The maximum absolute atomic E-state index is 12.9. The molecule has 3 saturated carbocycles. The van der Waals surface area contributed by atoms with E-state index in [4.69, 9.17) is 54.1 Å². The highest BCUT2D eigenvalue weighted by Crippen LogP contribution is 2.57. The lowest BCUT2D eigenvalue weighted by Crippen LogP contribution is -2.42. The molecule has 3 aliphatic carbocycles. The second kappa shape index (κ2) is 27.4. The van der Waals surface area contributed by atoms with Gasteiger partial charge in [-0.1, -0.05) is 44.4 Å². The molecule has 12 N–H and O–H groups in total. The number of carbonyl (C=O) groups is 6. The third-order valence-corrected chi connectivity index (χ3v) is 19.2. The van der Waals surface area contributed by atoms with Crippen molar-refractivity contribution in [2.45, 2.75) is 123 Å². The summed E-state index contributed by atoms with van der Waals surface area (Å²) in [5, 5.41) is 13.9. The Morgan fingerprint density at radius 1 is 0.537 bits per heavy atom. The predicted octanol–water partition coefficient (Wildman–Crippen LogP) is 8.18. The van der Waals surface area contributed by atoms with Gasteiger partial charge in [0.05, 0.1) is 36.9 Å². The van der Waals surface area contributed by atoms with Gasteiger partial charge in [-0.2, -0.15) is 28.5 Å². The van der Waals surface area contributed by atoms with Crippen molar-refractivity contribution in [2.75, 3.05) is 69.7 Å². The summed E-state index contributed by atoms with van der Waals surface area (Å²) in [5.41, 5.74) is 38.5. The van der Waals surface area contributed by atoms with Crippen LogP contribution in [0.25, 0.3) is 33.8 Å². The van der Waals surface area contributed by atoms with E-state index in [9.17, 15) is 41.9 Å². The minimum absolute atomic E-state index is 0.00726. The van der Waals surface area contributed by atoms with Crippen LogP contribution in [0.5, 0.6) is 11.5 Å². The highest BCUT2D eigenvalue weighted by molar-refractivity contribution is 6.05. The molecule has 0 radical (unpaired) electrons. The highest BCUT2D eigenvalue weighted by Gasteiger charge is 2.54. The summed E-state index contributed by atoms with van der Waals surface area (Å²) in [4.78, 5) is 77.9. The van der Waals surface area contributed by atoms with E-state index < -0.39 is 29.5 Å². The third-order valence-electron chi connectivity index (χ3n) is 19.2. The van der Waals surface area contributed by atoms with Gasteiger partial charge in [-0.05, 0) is 179 Å². The zero-order valence-corrected chi connectivity index (χ0v) is 53.8. The largest absolute Gasteiger partial charge is 0.494 e. The molecule has 6 heterocycles. The van der Waals surface area contributed by atoms with E-state index in [1.54, 1.807) is 28.1 Å². The minimum atomic E-state index is -4.47. The van der Waals surface area contributed by atoms with Crippen LogP contribution >= 0.6 is 0 Å². The number of nitrogen functional groups attached to an aromatic ring is 3. The van der Waals surface area contributed by atoms with E-state index in [-0.39, 0.29) is 80.3 Å². The van der Waals surface area contributed by atoms with Gasteiger partial charge >= 0.3 is 6.18 Å². The lowest BCUT2D eigenvalue weighted by molar-refractivity contribution is -0.137. The fourth-order valence-electron chi connectivity index (χ4n) is 14.4. The molecule has 3 aliphatic heterocycles. The van der Waals surface area contributed by atoms with Crippen molar-refractivity contribution in [3.05, 3.63) is 108 Å². The van der Waals surface area contributed by atoms with Crippen LogP contribution < -0.4 is 43.9 Å². The molecule has 23 nitrogen and oxygen atoms in total. The first-order chi connectivity index (χ1) is 45.3. The molecule has 0 atom stereocenters. The Morgan fingerprint density at radius 2 is 0.842 bits per heavy atom. The number of aromatic nitrogens is 6. The number of carbonyl (C=O) groups excluding carboxylic acids is 6.